The molecule has 0 aromatic carbocycles. The minimum atomic E-state index is -0.738. The molecule has 62 valence electrons. The number of hydrogen-bond acceptors (Lipinski definition) is 3. The molecule has 0 bridgehead atoms. The normalized spacial score (nSPS) is 36.7. The fourth-order valence-corrected chi connectivity index (χ4v) is 1.02. The van der Waals surface area contributed by atoms with Crippen molar-refractivity contribution in [3.8, 4) is 0 Å². The lowest BCUT2D eigenvalue weighted by molar-refractivity contribution is 0.0857. The lowest BCUT2D eigenvalue weighted by Crippen LogP contribution is -2.48. The molecule has 1 aliphatic carbocycles. The van der Waals surface area contributed by atoms with E-state index in [1.165, 1.54) is 7.11 Å². The molecule has 2 atom stereocenters. The predicted octanol–water partition coefficient (Wildman–Crippen LogP) is 0.165. The second kappa shape index (κ2) is 2.68. The average Bonchev–Trinajstić information content (AvgIpc) is 1.95. The number of nitrogens with two attached hydrogens (primary N) is 1. The van der Waals surface area contributed by atoms with E-state index in [-0.39, 0.29) is 0 Å². The molecule has 0 aromatic rings. The van der Waals surface area contributed by atoms with E-state index < -0.39 is 11.6 Å². The molecule has 1 rings (SSSR count). The van der Waals surface area contributed by atoms with Gasteiger partial charge in [0.15, 0.2) is 0 Å². The second-order valence-corrected chi connectivity index (χ2v) is 2.90. The van der Waals surface area contributed by atoms with E-state index >= 15 is 0 Å². The summed E-state index contributed by atoms with van der Waals surface area (Å²) in [6.07, 6.45) is 4.50. The van der Waals surface area contributed by atoms with Crippen molar-refractivity contribution in [2.75, 3.05) is 7.11 Å². The molecule has 3 nitrogen and oxygen atoms in total. The van der Waals surface area contributed by atoms with Crippen molar-refractivity contribution in [2.24, 2.45) is 5.73 Å². The van der Waals surface area contributed by atoms with Gasteiger partial charge < -0.3 is 15.6 Å². The standard InChI is InChI=1S/C8H13NO2/c1-8(9)5-3-4-6(11-2)7(8)10/h3-5,7,10H,9H2,1-2H3. The van der Waals surface area contributed by atoms with Gasteiger partial charge in [-0.2, -0.15) is 0 Å². The molecule has 0 saturated carbocycles. The summed E-state index contributed by atoms with van der Waals surface area (Å²) < 4.78 is 4.92. The molecule has 0 radical (unpaired) electrons. The lowest BCUT2D eigenvalue weighted by atomic mass is 9.90. The van der Waals surface area contributed by atoms with Crippen LogP contribution < -0.4 is 5.73 Å². The van der Waals surface area contributed by atoms with Gasteiger partial charge in [0.2, 0.25) is 0 Å². The third-order valence-electron chi connectivity index (χ3n) is 1.81. The number of ether oxygens (including phenoxy) is 1. The van der Waals surface area contributed by atoms with Gasteiger partial charge in [0.25, 0.3) is 0 Å². The number of methoxy groups -OCH3 is 1. The first-order valence-electron chi connectivity index (χ1n) is 3.48. The van der Waals surface area contributed by atoms with E-state index in [4.69, 9.17) is 10.5 Å². The molecule has 0 amide bonds. The summed E-state index contributed by atoms with van der Waals surface area (Å²) in [6, 6.07) is 0. The number of rotatable bonds is 1. The van der Waals surface area contributed by atoms with Gasteiger partial charge >= 0.3 is 0 Å². The van der Waals surface area contributed by atoms with Crippen LogP contribution in [0.15, 0.2) is 24.0 Å². The van der Waals surface area contributed by atoms with Crippen LogP contribution in [0.3, 0.4) is 0 Å². The van der Waals surface area contributed by atoms with Crippen LogP contribution >= 0.6 is 0 Å². The van der Waals surface area contributed by atoms with Crippen molar-refractivity contribution in [3.05, 3.63) is 24.0 Å². The maximum absolute atomic E-state index is 9.53. The molecular weight excluding hydrogens is 142 g/mol. The summed E-state index contributed by atoms with van der Waals surface area (Å²) in [7, 11) is 1.52. The summed E-state index contributed by atoms with van der Waals surface area (Å²) >= 11 is 0. The Kier molecular flexibility index (Phi) is 2.02. The third-order valence-corrected chi connectivity index (χ3v) is 1.81. The summed E-state index contributed by atoms with van der Waals surface area (Å²) in [5.41, 5.74) is 5.02. The highest BCUT2D eigenvalue weighted by atomic mass is 16.5. The Hall–Kier alpha value is -0.800. The fraction of sp³-hybridized carbons (Fsp3) is 0.500. The number of allylic oxidation sites excluding steroid dienone is 2. The Balaban J connectivity index is 2.86. The first kappa shape index (κ1) is 8.30. The van der Waals surface area contributed by atoms with Crippen LogP contribution in [0.1, 0.15) is 6.92 Å². The number of hydrogen-bond donors (Lipinski definition) is 2. The van der Waals surface area contributed by atoms with E-state index in [0.717, 1.165) is 0 Å². The van der Waals surface area contributed by atoms with Crippen LogP contribution in [0.25, 0.3) is 0 Å². The smallest absolute Gasteiger partial charge is 0.132 e. The largest absolute Gasteiger partial charge is 0.498 e. The molecule has 11 heavy (non-hydrogen) atoms. The molecule has 0 aromatic heterocycles. The average molecular weight is 155 g/mol. The van der Waals surface area contributed by atoms with Crippen molar-refractivity contribution >= 4 is 0 Å². The maximum Gasteiger partial charge on any atom is 0.132 e. The lowest BCUT2D eigenvalue weighted by Gasteiger charge is -2.30. The van der Waals surface area contributed by atoms with Crippen LogP contribution in [0.4, 0.5) is 0 Å². The highest BCUT2D eigenvalue weighted by Gasteiger charge is 2.31. The Morgan fingerprint density at radius 3 is 2.82 bits per heavy atom. The van der Waals surface area contributed by atoms with Gasteiger partial charge in [0.05, 0.1) is 12.6 Å². The van der Waals surface area contributed by atoms with E-state index in [2.05, 4.69) is 0 Å². The van der Waals surface area contributed by atoms with Crippen molar-refractivity contribution in [1.82, 2.24) is 0 Å². The summed E-state index contributed by atoms with van der Waals surface area (Å²) in [6.45, 7) is 1.75. The molecule has 0 heterocycles. The molecular formula is C8H13NO2. The number of aliphatic hydroxyl groups excluding tert-OH is 1. The molecule has 0 saturated heterocycles. The SMILES string of the molecule is COC1=CC=CC(C)(N)C1O. The molecule has 0 spiro atoms. The molecule has 3 N–H and O–H groups in total. The van der Waals surface area contributed by atoms with Crippen molar-refractivity contribution in [1.29, 1.82) is 0 Å². The van der Waals surface area contributed by atoms with Crippen LogP contribution in [-0.4, -0.2) is 23.9 Å². The van der Waals surface area contributed by atoms with Gasteiger partial charge in [0, 0.05) is 0 Å². The fourth-order valence-electron chi connectivity index (χ4n) is 1.02. The third kappa shape index (κ3) is 1.44. The van der Waals surface area contributed by atoms with Crippen molar-refractivity contribution in [3.63, 3.8) is 0 Å². The Morgan fingerprint density at radius 1 is 1.73 bits per heavy atom. The molecule has 1 aliphatic rings. The Bertz CT molecular complexity index is 206. The van der Waals surface area contributed by atoms with Gasteiger partial charge in [-0.3, -0.25) is 0 Å². The van der Waals surface area contributed by atoms with Gasteiger partial charge in [-0.05, 0) is 13.0 Å². The Morgan fingerprint density at radius 2 is 2.36 bits per heavy atom. The first-order chi connectivity index (χ1) is 5.08. The summed E-state index contributed by atoms with van der Waals surface area (Å²) in [5.74, 6) is 0.512. The van der Waals surface area contributed by atoms with E-state index in [9.17, 15) is 5.11 Å². The van der Waals surface area contributed by atoms with Crippen LogP contribution in [-0.2, 0) is 4.74 Å². The van der Waals surface area contributed by atoms with Crippen molar-refractivity contribution < 1.29 is 9.84 Å². The Labute approximate surface area is 66.2 Å². The number of aliphatic hydroxyl groups is 1. The zero-order valence-corrected chi connectivity index (χ0v) is 6.74. The highest BCUT2D eigenvalue weighted by molar-refractivity contribution is 5.27. The van der Waals surface area contributed by atoms with Crippen LogP contribution in [0.5, 0.6) is 0 Å². The van der Waals surface area contributed by atoms with Gasteiger partial charge in [-0.1, -0.05) is 12.2 Å². The predicted molar refractivity (Wildman–Crippen MR) is 42.8 cm³/mol. The van der Waals surface area contributed by atoms with Gasteiger partial charge in [-0.15, -0.1) is 0 Å². The topological polar surface area (TPSA) is 55.5 Å². The quantitative estimate of drug-likeness (QED) is 0.567. The molecule has 3 heteroatoms. The maximum atomic E-state index is 9.53. The zero-order valence-electron chi connectivity index (χ0n) is 6.74. The minimum absolute atomic E-state index is 0.512. The van der Waals surface area contributed by atoms with E-state index in [0.29, 0.717) is 5.76 Å². The summed E-state index contributed by atoms with van der Waals surface area (Å²) in [5, 5.41) is 9.53. The molecule has 0 fully saturated rings. The van der Waals surface area contributed by atoms with Crippen LogP contribution in [0.2, 0.25) is 0 Å². The van der Waals surface area contributed by atoms with Crippen LogP contribution in [0, 0.1) is 0 Å². The first-order valence-corrected chi connectivity index (χ1v) is 3.48. The van der Waals surface area contributed by atoms with E-state index in [1.54, 1.807) is 25.2 Å². The van der Waals surface area contributed by atoms with Gasteiger partial charge in [-0.25, -0.2) is 0 Å². The summed E-state index contributed by atoms with van der Waals surface area (Å²) in [4.78, 5) is 0. The monoisotopic (exact) mass is 155 g/mol. The van der Waals surface area contributed by atoms with Gasteiger partial charge in [0.1, 0.15) is 11.9 Å². The highest BCUT2D eigenvalue weighted by Crippen LogP contribution is 2.20. The minimum Gasteiger partial charge on any atom is -0.498 e. The molecule has 2 unspecified atom stereocenters. The van der Waals surface area contributed by atoms with Crippen molar-refractivity contribution in [2.45, 2.75) is 18.6 Å². The van der Waals surface area contributed by atoms with E-state index in [1.807, 2.05) is 0 Å². The molecule has 0 aliphatic heterocycles. The second-order valence-electron chi connectivity index (χ2n) is 2.90. The zero-order chi connectivity index (χ0) is 8.48.